The number of hydrogen-bond acceptors (Lipinski definition) is 5. The molecule has 0 aliphatic rings. The standard InChI is InChI=1S/C34H54O6/c1-9-25(10-2)14-13-15-26(11-3)20-23(7)31(36)28(12-4)33(38)24(8)30(35)21(5)16-18-27-19-17-22(6)32(37)29(27)34(39)40/h9,15,17,19,21,23-24,28,30-31,35-37H,10-14,16,18,20H2,1-8H3,(H,39,40)/b25-9-,26-15+/t21-,23+,24+,28-,30+,31+/m1/s1. The van der Waals surface area contributed by atoms with Gasteiger partial charge >= 0.3 is 5.97 Å². The van der Waals surface area contributed by atoms with Crippen molar-refractivity contribution in [2.45, 2.75) is 119 Å². The van der Waals surface area contributed by atoms with E-state index in [-0.39, 0.29) is 28.9 Å². The summed E-state index contributed by atoms with van der Waals surface area (Å²) in [6, 6.07) is 3.38. The molecule has 0 unspecified atom stereocenters. The van der Waals surface area contributed by atoms with E-state index in [4.69, 9.17) is 0 Å². The van der Waals surface area contributed by atoms with Crippen molar-refractivity contribution in [2.75, 3.05) is 0 Å². The van der Waals surface area contributed by atoms with Crippen LogP contribution in [0, 0.1) is 30.6 Å². The molecule has 0 amide bonds. The Morgan fingerprint density at radius 3 is 2.10 bits per heavy atom. The van der Waals surface area contributed by atoms with Crippen molar-refractivity contribution in [1.82, 2.24) is 0 Å². The Morgan fingerprint density at radius 1 is 0.950 bits per heavy atom. The molecule has 4 N–H and O–H groups in total. The number of carbonyl (C=O) groups is 2. The van der Waals surface area contributed by atoms with Crippen LogP contribution in [0.25, 0.3) is 0 Å². The number of phenols is 1. The van der Waals surface area contributed by atoms with E-state index < -0.39 is 30.0 Å². The van der Waals surface area contributed by atoms with Gasteiger partial charge in [-0.1, -0.05) is 77.0 Å². The lowest BCUT2D eigenvalue weighted by atomic mass is 9.77. The van der Waals surface area contributed by atoms with E-state index in [1.807, 2.05) is 20.8 Å². The highest BCUT2D eigenvalue weighted by molar-refractivity contribution is 5.93. The number of ketones is 1. The van der Waals surface area contributed by atoms with Gasteiger partial charge < -0.3 is 20.4 Å². The van der Waals surface area contributed by atoms with Gasteiger partial charge in [0.05, 0.1) is 12.2 Å². The molecule has 40 heavy (non-hydrogen) atoms. The van der Waals surface area contributed by atoms with E-state index in [0.29, 0.717) is 30.4 Å². The van der Waals surface area contributed by atoms with Crippen molar-refractivity contribution in [3.05, 3.63) is 52.1 Å². The van der Waals surface area contributed by atoms with Crippen LogP contribution in [0.3, 0.4) is 0 Å². The van der Waals surface area contributed by atoms with Gasteiger partial charge in [0.1, 0.15) is 17.1 Å². The average molecular weight is 559 g/mol. The molecule has 0 bridgehead atoms. The molecule has 0 heterocycles. The van der Waals surface area contributed by atoms with Gasteiger partial charge in [-0.25, -0.2) is 4.79 Å². The maximum atomic E-state index is 13.5. The summed E-state index contributed by atoms with van der Waals surface area (Å²) in [7, 11) is 0. The first-order valence-electron chi connectivity index (χ1n) is 15.1. The van der Waals surface area contributed by atoms with Crippen LogP contribution in [0.2, 0.25) is 0 Å². The molecule has 0 fully saturated rings. The zero-order valence-corrected chi connectivity index (χ0v) is 26.0. The van der Waals surface area contributed by atoms with Crippen LogP contribution in [0.5, 0.6) is 5.75 Å². The lowest BCUT2D eigenvalue weighted by Crippen LogP contribution is -2.41. The summed E-state index contributed by atoms with van der Waals surface area (Å²) >= 11 is 0. The Balaban J connectivity index is 2.86. The highest BCUT2D eigenvalue weighted by Gasteiger charge is 2.36. The first-order chi connectivity index (χ1) is 18.8. The van der Waals surface area contributed by atoms with Crippen LogP contribution in [0.15, 0.2) is 35.4 Å². The Bertz CT molecular complexity index is 1020. The maximum absolute atomic E-state index is 13.5. The second-order valence-corrected chi connectivity index (χ2v) is 11.5. The molecule has 0 aliphatic heterocycles. The van der Waals surface area contributed by atoms with Gasteiger partial charge in [-0.15, -0.1) is 0 Å². The molecule has 1 aromatic rings. The molecule has 226 valence electrons. The molecule has 0 spiro atoms. The number of aryl methyl sites for hydroxylation is 2. The van der Waals surface area contributed by atoms with Crippen molar-refractivity contribution in [1.29, 1.82) is 0 Å². The van der Waals surface area contributed by atoms with E-state index in [0.717, 1.165) is 32.1 Å². The molecular weight excluding hydrogens is 504 g/mol. The number of carboxylic acid groups (broad SMARTS) is 1. The molecule has 6 atom stereocenters. The molecule has 0 saturated heterocycles. The molecule has 6 heteroatoms. The third-order valence-electron chi connectivity index (χ3n) is 8.69. The van der Waals surface area contributed by atoms with Crippen LogP contribution in [0.1, 0.15) is 115 Å². The molecule has 6 nitrogen and oxygen atoms in total. The predicted octanol–water partition coefficient (Wildman–Crippen LogP) is 7.42. The lowest BCUT2D eigenvalue weighted by molar-refractivity contribution is -0.136. The summed E-state index contributed by atoms with van der Waals surface area (Å²) in [5, 5.41) is 42.1. The van der Waals surface area contributed by atoms with Gasteiger partial charge in [0.15, 0.2) is 0 Å². The number of carbonyl (C=O) groups excluding carboxylic acids is 1. The van der Waals surface area contributed by atoms with Crippen LogP contribution in [0.4, 0.5) is 0 Å². The monoisotopic (exact) mass is 558 g/mol. The molecule has 1 aromatic carbocycles. The van der Waals surface area contributed by atoms with Crippen LogP contribution in [-0.2, 0) is 11.2 Å². The topological polar surface area (TPSA) is 115 Å². The number of Topliss-reactive ketones (excluding diaryl/α,β-unsaturated/α-hetero) is 1. The van der Waals surface area contributed by atoms with E-state index in [2.05, 4.69) is 32.9 Å². The number of aliphatic hydroxyl groups excluding tert-OH is 2. The number of hydrogen-bond donors (Lipinski definition) is 4. The third-order valence-corrected chi connectivity index (χ3v) is 8.69. The first kappa shape index (κ1) is 35.6. The predicted molar refractivity (Wildman–Crippen MR) is 163 cm³/mol. The largest absolute Gasteiger partial charge is 0.507 e. The number of rotatable bonds is 18. The quantitative estimate of drug-likeness (QED) is 0.139. The molecular formula is C34H54O6. The smallest absolute Gasteiger partial charge is 0.339 e. The second-order valence-electron chi connectivity index (χ2n) is 11.5. The SMILES string of the molecule is C/C=C(/CC)CC/C=C(\CC)C[C@H](C)[C@H](O)[C@@H](CC)C(=O)[C@@H](C)[C@@H](O)[C@H](C)CCc1ccc(C)c(O)c1C(=O)O. The highest BCUT2D eigenvalue weighted by Crippen LogP contribution is 2.31. The zero-order valence-electron chi connectivity index (χ0n) is 26.0. The number of carboxylic acids is 1. The molecule has 0 saturated carbocycles. The van der Waals surface area contributed by atoms with Crippen molar-refractivity contribution in [3.8, 4) is 5.75 Å². The summed E-state index contributed by atoms with van der Waals surface area (Å²) < 4.78 is 0. The third kappa shape index (κ3) is 9.88. The van der Waals surface area contributed by atoms with Gasteiger partial charge in [-0.05, 0) is 88.2 Å². The van der Waals surface area contributed by atoms with Gasteiger partial charge in [0, 0.05) is 11.8 Å². The number of aromatic carboxylic acids is 1. The van der Waals surface area contributed by atoms with E-state index >= 15 is 0 Å². The minimum absolute atomic E-state index is 0.0853. The summed E-state index contributed by atoms with van der Waals surface area (Å²) in [4.78, 5) is 25.2. The van der Waals surface area contributed by atoms with Crippen LogP contribution in [-0.4, -0.2) is 44.4 Å². The van der Waals surface area contributed by atoms with Crippen molar-refractivity contribution >= 4 is 11.8 Å². The fraction of sp³-hybridized carbons (Fsp3) is 0.647. The van der Waals surface area contributed by atoms with Crippen molar-refractivity contribution in [2.24, 2.45) is 23.7 Å². The molecule has 0 radical (unpaired) electrons. The van der Waals surface area contributed by atoms with Gasteiger partial charge in [0.2, 0.25) is 0 Å². The number of allylic oxidation sites excluding steroid dienone is 4. The Kier molecular flexibility index (Phi) is 15.5. The highest BCUT2D eigenvalue weighted by atomic mass is 16.4. The molecule has 0 aromatic heterocycles. The fourth-order valence-corrected chi connectivity index (χ4v) is 5.64. The molecule has 0 aliphatic carbocycles. The maximum Gasteiger partial charge on any atom is 0.339 e. The number of benzene rings is 1. The Hall–Kier alpha value is -2.44. The minimum atomic E-state index is -1.19. The lowest BCUT2D eigenvalue weighted by Gasteiger charge is -2.31. The van der Waals surface area contributed by atoms with E-state index in [1.165, 1.54) is 11.1 Å². The average Bonchev–Trinajstić information content (AvgIpc) is 2.93. The fourth-order valence-electron chi connectivity index (χ4n) is 5.64. The summed E-state index contributed by atoms with van der Waals surface area (Å²) in [5.74, 6) is -3.16. The van der Waals surface area contributed by atoms with Crippen LogP contribution >= 0.6 is 0 Å². The zero-order chi connectivity index (χ0) is 30.6. The van der Waals surface area contributed by atoms with E-state index in [9.17, 15) is 30.0 Å². The second kappa shape index (κ2) is 17.4. The van der Waals surface area contributed by atoms with Gasteiger partial charge in [0.25, 0.3) is 0 Å². The summed E-state index contributed by atoms with van der Waals surface area (Å²) in [6.07, 6.45) is 8.76. The minimum Gasteiger partial charge on any atom is -0.507 e. The Labute approximate surface area is 242 Å². The summed E-state index contributed by atoms with van der Waals surface area (Å²) in [5.41, 5.74) is 3.62. The first-order valence-corrected chi connectivity index (χ1v) is 15.1. The number of aliphatic hydroxyl groups is 2. The molecule has 1 rings (SSSR count). The van der Waals surface area contributed by atoms with E-state index in [1.54, 1.807) is 26.0 Å². The van der Waals surface area contributed by atoms with Gasteiger partial charge in [-0.2, -0.15) is 0 Å². The Morgan fingerprint density at radius 2 is 1.57 bits per heavy atom. The number of aromatic hydroxyl groups is 1. The normalized spacial score (nSPS) is 17.1. The summed E-state index contributed by atoms with van der Waals surface area (Å²) in [6.45, 7) is 15.5. The van der Waals surface area contributed by atoms with Crippen molar-refractivity contribution < 1.29 is 30.0 Å². The van der Waals surface area contributed by atoms with Crippen LogP contribution < -0.4 is 0 Å². The van der Waals surface area contributed by atoms with Crippen molar-refractivity contribution in [3.63, 3.8) is 0 Å². The van der Waals surface area contributed by atoms with Gasteiger partial charge in [-0.3, -0.25) is 4.79 Å².